The number of nitrogens with zero attached hydrogens (tertiary/aromatic N) is 2. The molecular formula is C13H17N3O. The SMILES string of the molecule is Cc1cc(C)c(-c2nc(C(C)N)no2)c(C)c1. The van der Waals surface area contributed by atoms with Gasteiger partial charge < -0.3 is 10.3 Å². The molecule has 0 aliphatic carbocycles. The number of benzene rings is 1. The van der Waals surface area contributed by atoms with Gasteiger partial charge in [0.15, 0.2) is 5.82 Å². The zero-order valence-electron chi connectivity index (χ0n) is 10.6. The van der Waals surface area contributed by atoms with E-state index in [-0.39, 0.29) is 6.04 Å². The molecule has 0 aliphatic heterocycles. The highest BCUT2D eigenvalue weighted by atomic mass is 16.5. The van der Waals surface area contributed by atoms with Gasteiger partial charge in [-0.3, -0.25) is 0 Å². The summed E-state index contributed by atoms with van der Waals surface area (Å²) in [7, 11) is 0. The molecule has 1 aromatic heterocycles. The highest BCUT2D eigenvalue weighted by molar-refractivity contribution is 5.63. The van der Waals surface area contributed by atoms with E-state index in [1.807, 2.05) is 20.8 Å². The Morgan fingerprint density at radius 2 is 1.76 bits per heavy atom. The predicted molar refractivity (Wildman–Crippen MR) is 66.5 cm³/mol. The van der Waals surface area contributed by atoms with Gasteiger partial charge in [-0.25, -0.2) is 0 Å². The predicted octanol–water partition coefficient (Wildman–Crippen LogP) is 2.68. The van der Waals surface area contributed by atoms with Gasteiger partial charge in [0.2, 0.25) is 0 Å². The Bertz CT molecular complexity index is 520. The largest absolute Gasteiger partial charge is 0.334 e. The summed E-state index contributed by atoms with van der Waals surface area (Å²) >= 11 is 0. The van der Waals surface area contributed by atoms with Gasteiger partial charge in [-0.2, -0.15) is 4.98 Å². The van der Waals surface area contributed by atoms with Gasteiger partial charge in [-0.05, 0) is 38.8 Å². The Labute approximate surface area is 101 Å². The minimum atomic E-state index is -0.210. The van der Waals surface area contributed by atoms with Crippen molar-refractivity contribution in [3.63, 3.8) is 0 Å². The fraction of sp³-hybridized carbons (Fsp3) is 0.385. The molecular weight excluding hydrogens is 214 g/mol. The standard InChI is InChI=1S/C13H17N3O/c1-7-5-8(2)11(9(3)6-7)13-15-12(10(4)14)16-17-13/h5-6,10H,14H2,1-4H3. The highest BCUT2D eigenvalue weighted by Gasteiger charge is 2.15. The van der Waals surface area contributed by atoms with Gasteiger partial charge in [0.1, 0.15) is 0 Å². The summed E-state index contributed by atoms with van der Waals surface area (Å²) in [5, 5.41) is 3.89. The maximum Gasteiger partial charge on any atom is 0.258 e. The Hall–Kier alpha value is -1.68. The molecule has 0 aliphatic rings. The van der Waals surface area contributed by atoms with Crippen LogP contribution in [-0.4, -0.2) is 10.1 Å². The van der Waals surface area contributed by atoms with Crippen molar-refractivity contribution in [2.24, 2.45) is 5.73 Å². The number of aromatic nitrogens is 2. The van der Waals surface area contributed by atoms with Crippen molar-refractivity contribution in [2.45, 2.75) is 33.7 Å². The molecule has 0 bridgehead atoms. The van der Waals surface area contributed by atoms with Crippen molar-refractivity contribution >= 4 is 0 Å². The molecule has 4 nitrogen and oxygen atoms in total. The molecule has 17 heavy (non-hydrogen) atoms. The third-order valence-electron chi connectivity index (χ3n) is 2.74. The molecule has 2 rings (SSSR count). The number of hydrogen-bond acceptors (Lipinski definition) is 4. The van der Waals surface area contributed by atoms with Crippen molar-refractivity contribution in [1.82, 2.24) is 10.1 Å². The number of aryl methyl sites for hydroxylation is 3. The lowest BCUT2D eigenvalue weighted by Gasteiger charge is -2.06. The second-order valence-corrected chi connectivity index (χ2v) is 4.52. The van der Waals surface area contributed by atoms with Crippen LogP contribution in [0.3, 0.4) is 0 Å². The molecule has 0 fully saturated rings. The topological polar surface area (TPSA) is 64.9 Å². The maximum atomic E-state index is 5.72. The fourth-order valence-corrected chi connectivity index (χ4v) is 2.04. The van der Waals surface area contributed by atoms with Gasteiger partial charge in [-0.15, -0.1) is 0 Å². The molecule has 90 valence electrons. The average Bonchev–Trinajstić information content (AvgIpc) is 2.65. The van der Waals surface area contributed by atoms with Gasteiger partial charge in [0.25, 0.3) is 5.89 Å². The molecule has 2 aromatic rings. The summed E-state index contributed by atoms with van der Waals surface area (Å²) in [6.07, 6.45) is 0. The Balaban J connectivity index is 2.52. The summed E-state index contributed by atoms with van der Waals surface area (Å²) in [6.45, 7) is 8.00. The molecule has 0 spiro atoms. The number of hydrogen-bond donors (Lipinski definition) is 1. The Kier molecular flexibility index (Phi) is 2.98. The Morgan fingerprint density at radius 3 is 2.24 bits per heavy atom. The van der Waals surface area contributed by atoms with E-state index in [1.165, 1.54) is 5.56 Å². The summed E-state index contributed by atoms with van der Waals surface area (Å²) in [5.74, 6) is 1.09. The van der Waals surface area contributed by atoms with E-state index in [1.54, 1.807) is 0 Å². The molecule has 1 aromatic carbocycles. The third-order valence-corrected chi connectivity index (χ3v) is 2.74. The lowest BCUT2D eigenvalue weighted by Crippen LogP contribution is -2.06. The van der Waals surface area contributed by atoms with Crippen LogP contribution in [0.25, 0.3) is 11.5 Å². The van der Waals surface area contributed by atoms with Gasteiger partial charge >= 0.3 is 0 Å². The van der Waals surface area contributed by atoms with E-state index in [0.29, 0.717) is 11.7 Å². The molecule has 0 saturated carbocycles. The minimum absolute atomic E-state index is 0.210. The summed E-state index contributed by atoms with van der Waals surface area (Å²) < 4.78 is 5.27. The van der Waals surface area contributed by atoms with E-state index < -0.39 is 0 Å². The molecule has 4 heteroatoms. The van der Waals surface area contributed by atoms with Crippen molar-refractivity contribution in [2.75, 3.05) is 0 Å². The molecule has 2 N–H and O–H groups in total. The van der Waals surface area contributed by atoms with Crippen molar-refractivity contribution in [3.05, 3.63) is 34.6 Å². The molecule has 1 unspecified atom stereocenters. The normalized spacial score (nSPS) is 12.8. The first-order chi connectivity index (χ1) is 7.99. The maximum absolute atomic E-state index is 5.72. The monoisotopic (exact) mass is 231 g/mol. The first-order valence-corrected chi connectivity index (χ1v) is 5.66. The second-order valence-electron chi connectivity index (χ2n) is 4.52. The highest BCUT2D eigenvalue weighted by Crippen LogP contribution is 2.27. The zero-order valence-corrected chi connectivity index (χ0v) is 10.6. The molecule has 0 amide bonds. The molecule has 0 saturated heterocycles. The van der Waals surface area contributed by atoms with Crippen LogP contribution in [0.5, 0.6) is 0 Å². The molecule has 1 atom stereocenters. The summed E-state index contributed by atoms with van der Waals surface area (Å²) in [6, 6.07) is 4.01. The lowest BCUT2D eigenvalue weighted by molar-refractivity contribution is 0.418. The van der Waals surface area contributed by atoms with Crippen molar-refractivity contribution < 1.29 is 4.52 Å². The lowest BCUT2D eigenvalue weighted by atomic mass is 10.00. The van der Waals surface area contributed by atoms with Crippen LogP contribution in [-0.2, 0) is 0 Å². The summed E-state index contributed by atoms with van der Waals surface area (Å²) in [4.78, 5) is 4.33. The van der Waals surface area contributed by atoms with E-state index >= 15 is 0 Å². The second kappa shape index (κ2) is 4.30. The first-order valence-electron chi connectivity index (χ1n) is 5.66. The van der Waals surface area contributed by atoms with Crippen LogP contribution in [0.1, 0.15) is 35.5 Å². The molecule has 0 radical (unpaired) electrons. The van der Waals surface area contributed by atoms with Crippen molar-refractivity contribution in [1.29, 1.82) is 0 Å². The smallest absolute Gasteiger partial charge is 0.258 e. The number of nitrogens with two attached hydrogens (primary N) is 1. The van der Waals surface area contributed by atoms with Gasteiger partial charge in [-0.1, -0.05) is 22.9 Å². The van der Waals surface area contributed by atoms with Gasteiger partial charge in [0, 0.05) is 5.56 Å². The van der Waals surface area contributed by atoms with E-state index in [0.717, 1.165) is 16.7 Å². The first kappa shape index (κ1) is 11.8. The average molecular weight is 231 g/mol. The van der Waals surface area contributed by atoms with Crippen LogP contribution in [0, 0.1) is 20.8 Å². The Morgan fingerprint density at radius 1 is 1.18 bits per heavy atom. The van der Waals surface area contributed by atoms with Gasteiger partial charge in [0.05, 0.1) is 6.04 Å². The van der Waals surface area contributed by atoms with E-state index in [9.17, 15) is 0 Å². The minimum Gasteiger partial charge on any atom is -0.334 e. The molecule has 1 heterocycles. The quantitative estimate of drug-likeness (QED) is 0.863. The fourth-order valence-electron chi connectivity index (χ4n) is 2.04. The van der Waals surface area contributed by atoms with Crippen LogP contribution in [0.4, 0.5) is 0 Å². The van der Waals surface area contributed by atoms with Crippen molar-refractivity contribution in [3.8, 4) is 11.5 Å². The number of rotatable bonds is 2. The zero-order chi connectivity index (χ0) is 12.6. The van der Waals surface area contributed by atoms with Crippen LogP contribution >= 0.6 is 0 Å². The van der Waals surface area contributed by atoms with Crippen LogP contribution in [0.2, 0.25) is 0 Å². The summed E-state index contributed by atoms with van der Waals surface area (Å²) in [5.41, 5.74) is 10.2. The van der Waals surface area contributed by atoms with Crippen LogP contribution in [0.15, 0.2) is 16.7 Å². The van der Waals surface area contributed by atoms with E-state index in [4.69, 9.17) is 10.3 Å². The van der Waals surface area contributed by atoms with Crippen LogP contribution < -0.4 is 5.73 Å². The third kappa shape index (κ3) is 2.22. The van der Waals surface area contributed by atoms with E-state index in [2.05, 4.69) is 29.2 Å².